The van der Waals surface area contributed by atoms with E-state index in [0.717, 1.165) is 30.7 Å². The minimum absolute atomic E-state index is 0.133. The van der Waals surface area contributed by atoms with Crippen LogP contribution in [0.15, 0.2) is 6.33 Å². The molecule has 0 spiro atoms. The maximum atomic E-state index is 4.23. The van der Waals surface area contributed by atoms with Crippen LogP contribution in [0.25, 0.3) is 0 Å². The Kier molecular flexibility index (Phi) is 4.73. The summed E-state index contributed by atoms with van der Waals surface area (Å²) in [5, 5.41) is 8.63. The maximum Gasteiger partial charge on any atom is 0.140 e. The number of alkyl halides is 1. The van der Waals surface area contributed by atoms with Gasteiger partial charge in [0.2, 0.25) is 0 Å². The van der Waals surface area contributed by atoms with Crippen molar-refractivity contribution in [1.82, 2.24) is 20.1 Å². The minimum atomic E-state index is 0.133. The molecular formula is C10H19BrN4. The molecule has 1 N–H and O–H groups in total. The number of aryl methyl sites for hydroxylation is 1. The zero-order valence-electron chi connectivity index (χ0n) is 9.63. The van der Waals surface area contributed by atoms with Crippen LogP contribution in [0.1, 0.15) is 33.0 Å². The number of hydrogen-bond donors (Lipinski definition) is 1. The van der Waals surface area contributed by atoms with Crippen LogP contribution in [-0.2, 0) is 13.1 Å². The van der Waals surface area contributed by atoms with Gasteiger partial charge in [-0.05, 0) is 27.2 Å². The van der Waals surface area contributed by atoms with Gasteiger partial charge in [-0.1, -0.05) is 15.9 Å². The molecule has 0 saturated heterocycles. The van der Waals surface area contributed by atoms with Crippen molar-refractivity contribution in [3.8, 4) is 0 Å². The smallest absolute Gasteiger partial charge is 0.140 e. The second kappa shape index (κ2) is 5.61. The normalized spacial score (nSPS) is 12.0. The Morgan fingerprint density at radius 2 is 2.27 bits per heavy atom. The van der Waals surface area contributed by atoms with Crippen molar-refractivity contribution in [2.45, 2.75) is 45.8 Å². The number of nitrogens with zero attached hydrogens (tertiary/aromatic N) is 3. The molecule has 0 unspecified atom stereocenters. The number of aromatic nitrogens is 3. The van der Waals surface area contributed by atoms with Crippen molar-refractivity contribution in [3.05, 3.63) is 12.2 Å². The van der Waals surface area contributed by atoms with Gasteiger partial charge in [0.15, 0.2) is 0 Å². The van der Waals surface area contributed by atoms with Crippen molar-refractivity contribution < 1.29 is 0 Å². The molecule has 1 heterocycles. The van der Waals surface area contributed by atoms with Crippen molar-refractivity contribution in [1.29, 1.82) is 0 Å². The molecule has 0 aromatic carbocycles. The molecule has 4 nitrogen and oxygen atoms in total. The van der Waals surface area contributed by atoms with Gasteiger partial charge in [0.1, 0.15) is 12.2 Å². The number of hydrogen-bond acceptors (Lipinski definition) is 3. The predicted octanol–water partition coefficient (Wildman–Crippen LogP) is 1.95. The van der Waals surface area contributed by atoms with Gasteiger partial charge in [0.25, 0.3) is 0 Å². The van der Waals surface area contributed by atoms with E-state index in [0.29, 0.717) is 0 Å². The molecule has 0 atom stereocenters. The van der Waals surface area contributed by atoms with Crippen LogP contribution in [0.2, 0.25) is 0 Å². The summed E-state index contributed by atoms with van der Waals surface area (Å²) in [5.41, 5.74) is 0.133. The van der Waals surface area contributed by atoms with Crippen molar-refractivity contribution in [2.24, 2.45) is 0 Å². The third kappa shape index (κ3) is 3.91. The summed E-state index contributed by atoms with van der Waals surface area (Å²) in [5.74, 6) is 1.00. The molecular weight excluding hydrogens is 256 g/mol. The van der Waals surface area contributed by atoms with Gasteiger partial charge >= 0.3 is 0 Å². The second-order valence-corrected chi connectivity index (χ2v) is 4.96. The number of rotatable bonds is 6. The second-order valence-electron chi connectivity index (χ2n) is 4.17. The summed E-state index contributed by atoms with van der Waals surface area (Å²) in [6, 6.07) is 0. The Labute approximate surface area is 99.6 Å². The van der Waals surface area contributed by atoms with Gasteiger partial charge in [-0.3, -0.25) is 0 Å². The fourth-order valence-corrected chi connectivity index (χ4v) is 2.32. The molecule has 0 saturated carbocycles. The van der Waals surface area contributed by atoms with Crippen LogP contribution >= 0.6 is 15.9 Å². The average Bonchev–Trinajstić information content (AvgIpc) is 2.62. The summed E-state index contributed by atoms with van der Waals surface area (Å²) >= 11 is 3.46. The van der Waals surface area contributed by atoms with Crippen LogP contribution in [0.5, 0.6) is 0 Å². The largest absolute Gasteiger partial charge is 0.305 e. The Morgan fingerprint density at radius 3 is 2.87 bits per heavy atom. The highest BCUT2D eigenvalue weighted by atomic mass is 79.9. The monoisotopic (exact) mass is 274 g/mol. The third-order valence-electron chi connectivity index (χ3n) is 2.44. The Morgan fingerprint density at radius 1 is 1.53 bits per heavy atom. The molecule has 0 aliphatic rings. The van der Waals surface area contributed by atoms with Gasteiger partial charge in [0.05, 0.1) is 6.54 Å². The summed E-state index contributed by atoms with van der Waals surface area (Å²) in [6.45, 7) is 8.10. The van der Waals surface area contributed by atoms with Gasteiger partial charge in [0, 0.05) is 17.4 Å². The minimum Gasteiger partial charge on any atom is -0.305 e. The maximum absolute atomic E-state index is 4.23. The molecule has 0 aliphatic carbocycles. The lowest BCUT2D eigenvalue weighted by molar-refractivity contribution is 0.367. The van der Waals surface area contributed by atoms with Crippen LogP contribution in [0, 0.1) is 0 Å². The van der Waals surface area contributed by atoms with E-state index in [1.54, 1.807) is 6.33 Å². The summed E-state index contributed by atoms with van der Waals surface area (Å²) in [4.78, 5) is 4.23. The third-order valence-corrected chi connectivity index (χ3v) is 2.84. The van der Waals surface area contributed by atoms with Crippen LogP contribution in [-0.4, -0.2) is 25.6 Å². The van der Waals surface area contributed by atoms with Crippen molar-refractivity contribution >= 4 is 15.9 Å². The molecule has 0 fully saturated rings. The molecule has 1 aromatic heterocycles. The van der Waals surface area contributed by atoms with E-state index in [1.165, 1.54) is 0 Å². The molecule has 5 heteroatoms. The standard InChI is InChI=1S/C10H19BrN4/c1-4-15-9(12-8-14-15)7-13-10(2,3)5-6-11/h8,13H,4-7H2,1-3H3. The van der Waals surface area contributed by atoms with E-state index in [2.05, 4.69) is 52.1 Å². The van der Waals surface area contributed by atoms with Crippen molar-refractivity contribution in [2.75, 3.05) is 5.33 Å². The highest BCUT2D eigenvalue weighted by Crippen LogP contribution is 2.10. The molecule has 0 aliphatic heterocycles. The lowest BCUT2D eigenvalue weighted by atomic mass is 10.0. The lowest BCUT2D eigenvalue weighted by Crippen LogP contribution is -2.39. The number of halogens is 1. The van der Waals surface area contributed by atoms with Gasteiger partial charge in [-0.2, -0.15) is 5.10 Å². The first-order valence-electron chi connectivity index (χ1n) is 5.26. The van der Waals surface area contributed by atoms with Crippen LogP contribution < -0.4 is 5.32 Å². The van der Waals surface area contributed by atoms with Gasteiger partial charge < -0.3 is 5.32 Å². The molecule has 0 radical (unpaired) electrons. The number of nitrogens with one attached hydrogen (secondary N) is 1. The topological polar surface area (TPSA) is 42.7 Å². The summed E-state index contributed by atoms with van der Waals surface area (Å²) in [6.07, 6.45) is 2.70. The molecule has 0 amide bonds. The van der Waals surface area contributed by atoms with E-state index in [-0.39, 0.29) is 5.54 Å². The van der Waals surface area contributed by atoms with Gasteiger partial charge in [-0.25, -0.2) is 9.67 Å². The van der Waals surface area contributed by atoms with Crippen LogP contribution in [0.4, 0.5) is 0 Å². The van der Waals surface area contributed by atoms with Crippen molar-refractivity contribution in [3.63, 3.8) is 0 Å². The molecule has 15 heavy (non-hydrogen) atoms. The zero-order valence-corrected chi connectivity index (χ0v) is 11.2. The first-order chi connectivity index (χ1) is 7.09. The van der Waals surface area contributed by atoms with Crippen LogP contribution in [0.3, 0.4) is 0 Å². The molecule has 1 rings (SSSR count). The fourth-order valence-electron chi connectivity index (χ4n) is 1.33. The molecule has 1 aromatic rings. The Balaban J connectivity index is 2.49. The van der Waals surface area contributed by atoms with E-state index in [1.807, 2.05) is 4.68 Å². The Hall–Kier alpha value is -0.420. The van der Waals surface area contributed by atoms with Gasteiger partial charge in [-0.15, -0.1) is 0 Å². The summed E-state index contributed by atoms with van der Waals surface area (Å²) < 4.78 is 1.91. The lowest BCUT2D eigenvalue weighted by Gasteiger charge is -2.25. The predicted molar refractivity (Wildman–Crippen MR) is 65.0 cm³/mol. The Bertz CT molecular complexity index is 295. The molecule has 86 valence electrons. The SMILES string of the molecule is CCn1ncnc1CNC(C)(C)CCBr. The first kappa shape index (κ1) is 12.6. The molecule has 0 bridgehead atoms. The fraction of sp³-hybridized carbons (Fsp3) is 0.800. The van der Waals surface area contributed by atoms with E-state index in [4.69, 9.17) is 0 Å². The first-order valence-corrected chi connectivity index (χ1v) is 6.39. The quantitative estimate of drug-likeness (QED) is 0.807. The highest BCUT2D eigenvalue weighted by molar-refractivity contribution is 9.09. The van der Waals surface area contributed by atoms with E-state index < -0.39 is 0 Å². The summed E-state index contributed by atoms with van der Waals surface area (Å²) in [7, 11) is 0. The van der Waals surface area contributed by atoms with E-state index >= 15 is 0 Å². The average molecular weight is 275 g/mol. The zero-order chi connectivity index (χ0) is 11.3. The van der Waals surface area contributed by atoms with E-state index in [9.17, 15) is 0 Å². The highest BCUT2D eigenvalue weighted by Gasteiger charge is 2.16.